The number of carbonyl (C=O) groups excluding carboxylic acids is 1. The summed E-state index contributed by atoms with van der Waals surface area (Å²) >= 11 is 1.73. The SMILES string of the molecule is Cc1c(-c2cc(Nc3cc4n(n3)CCNC4)c(=O)[nH]n2)cccc1N1CC2=C(SC(C(C)(C)C)C2)C1=O. The first kappa shape index (κ1) is 24.0. The van der Waals surface area contributed by atoms with Crippen LogP contribution in [-0.4, -0.2) is 44.2 Å². The molecular formula is C27H31N7O2S. The molecule has 5 heterocycles. The summed E-state index contributed by atoms with van der Waals surface area (Å²) in [4.78, 5) is 28.8. The van der Waals surface area contributed by atoms with E-state index in [2.05, 4.69) is 46.7 Å². The number of H-pyrrole nitrogens is 1. The van der Waals surface area contributed by atoms with Crippen LogP contribution in [0.3, 0.4) is 0 Å². The van der Waals surface area contributed by atoms with Crippen LogP contribution in [0.2, 0.25) is 0 Å². The maximum Gasteiger partial charge on any atom is 0.287 e. The monoisotopic (exact) mass is 517 g/mol. The molecule has 192 valence electrons. The van der Waals surface area contributed by atoms with Gasteiger partial charge in [0.25, 0.3) is 11.5 Å². The Kier molecular flexibility index (Phi) is 5.76. The van der Waals surface area contributed by atoms with E-state index in [1.54, 1.807) is 17.8 Å². The molecule has 3 aromatic rings. The van der Waals surface area contributed by atoms with Crippen molar-refractivity contribution in [3.05, 3.63) is 62.4 Å². The number of aromatic amines is 1. The van der Waals surface area contributed by atoms with E-state index in [0.29, 0.717) is 29.0 Å². The van der Waals surface area contributed by atoms with Gasteiger partial charge in [0.15, 0.2) is 5.82 Å². The molecule has 10 heteroatoms. The molecule has 0 spiro atoms. The average molecular weight is 518 g/mol. The van der Waals surface area contributed by atoms with Gasteiger partial charge in [0.05, 0.1) is 22.8 Å². The molecule has 0 aliphatic carbocycles. The van der Waals surface area contributed by atoms with Crippen molar-refractivity contribution in [1.29, 1.82) is 0 Å². The van der Waals surface area contributed by atoms with Crippen LogP contribution >= 0.6 is 11.8 Å². The number of aromatic nitrogens is 4. The van der Waals surface area contributed by atoms with Gasteiger partial charge in [-0.3, -0.25) is 14.3 Å². The molecule has 1 unspecified atom stereocenters. The Labute approximate surface area is 219 Å². The summed E-state index contributed by atoms with van der Waals surface area (Å²) in [6, 6.07) is 9.59. The van der Waals surface area contributed by atoms with E-state index in [4.69, 9.17) is 0 Å². The minimum Gasteiger partial charge on any atom is -0.334 e. The lowest BCUT2D eigenvalue weighted by atomic mass is 9.88. The Morgan fingerprint density at radius 3 is 2.78 bits per heavy atom. The van der Waals surface area contributed by atoms with E-state index >= 15 is 0 Å². The molecule has 3 N–H and O–H groups in total. The Morgan fingerprint density at radius 2 is 2.03 bits per heavy atom. The summed E-state index contributed by atoms with van der Waals surface area (Å²) in [6.07, 6.45) is 0.953. The zero-order valence-corrected chi connectivity index (χ0v) is 22.3. The van der Waals surface area contributed by atoms with Gasteiger partial charge < -0.3 is 15.5 Å². The van der Waals surface area contributed by atoms with Crippen molar-refractivity contribution in [3.63, 3.8) is 0 Å². The van der Waals surface area contributed by atoms with Crippen LogP contribution < -0.4 is 21.1 Å². The third kappa shape index (κ3) is 4.27. The van der Waals surface area contributed by atoms with E-state index in [-0.39, 0.29) is 16.9 Å². The number of carbonyl (C=O) groups is 1. The van der Waals surface area contributed by atoms with Gasteiger partial charge >= 0.3 is 0 Å². The number of amides is 1. The van der Waals surface area contributed by atoms with E-state index in [0.717, 1.165) is 53.5 Å². The van der Waals surface area contributed by atoms with E-state index in [1.807, 2.05) is 40.8 Å². The third-order valence-electron chi connectivity index (χ3n) is 7.38. The lowest BCUT2D eigenvalue weighted by Crippen LogP contribution is -2.30. The molecule has 0 fully saturated rings. The number of thioether (sulfide) groups is 1. The molecule has 3 aliphatic rings. The molecule has 0 saturated heterocycles. The lowest BCUT2D eigenvalue weighted by molar-refractivity contribution is -0.113. The smallest absolute Gasteiger partial charge is 0.287 e. The van der Waals surface area contributed by atoms with Gasteiger partial charge in [-0.1, -0.05) is 32.9 Å². The highest BCUT2D eigenvalue weighted by atomic mass is 32.2. The zero-order valence-electron chi connectivity index (χ0n) is 21.5. The molecule has 1 atom stereocenters. The first-order valence-corrected chi connectivity index (χ1v) is 13.5. The second-order valence-electron chi connectivity index (χ2n) is 11.0. The number of hydrogen-bond donors (Lipinski definition) is 3. The van der Waals surface area contributed by atoms with Crippen LogP contribution in [0.4, 0.5) is 17.2 Å². The number of fused-ring (bicyclic) bond motifs is 1. The summed E-state index contributed by atoms with van der Waals surface area (Å²) in [5.74, 6) is 0.711. The molecule has 9 nitrogen and oxygen atoms in total. The van der Waals surface area contributed by atoms with E-state index in [1.165, 1.54) is 5.57 Å². The maximum atomic E-state index is 13.4. The maximum absolute atomic E-state index is 13.4. The van der Waals surface area contributed by atoms with Crippen LogP contribution in [0.5, 0.6) is 0 Å². The topological polar surface area (TPSA) is 108 Å². The highest BCUT2D eigenvalue weighted by Gasteiger charge is 2.42. The van der Waals surface area contributed by atoms with Crippen molar-refractivity contribution in [2.45, 2.75) is 52.5 Å². The van der Waals surface area contributed by atoms with Gasteiger partial charge in [0.2, 0.25) is 0 Å². The number of nitrogens with one attached hydrogen (secondary N) is 3. The minimum atomic E-state index is -0.317. The number of anilines is 3. The Morgan fingerprint density at radius 1 is 1.19 bits per heavy atom. The van der Waals surface area contributed by atoms with Crippen molar-refractivity contribution in [2.75, 3.05) is 23.3 Å². The first-order valence-electron chi connectivity index (χ1n) is 12.6. The molecule has 1 aromatic carbocycles. The quantitative estimate of drug-likeness (QED) is 0.481. The Hall–Kier alpha value is -3.37. The number of hydrogen-bond acceptors (Lipinski definition) is 7. The minimum absolute atomic E-state index is 0.0852. The molecule has 0 radical (unpaired) electrons. The molecular weight excluding hydrogens is 486 g/mol. The third-order valence-corrected chi connectivity index (χ3v) is 9.23. The van der Waals surface area contributed by atoms with Gasteiger partial charge in [-0.25, -0.2) is 5.10 Å². The molecule has 2 aromatic heterocycles. The molecule has 1 amide bonds. The normalized spacial score (nSPS) is 19.4. The van der Waals surface area contributed by atoms with Crippen molar-refractivity contribution in [1.82, 2.24) is 25.3 Å². The molecule has 6 rings (SSSR count). The van der Waals surface area contributed by atoms with Crippen molar-refractivity contribution in [2.24, 2.45) is 5.41 Å². The van der Waals surface area contributed by atoms with Gasteiger partial charge in [-0.05, 0) is 42.0 Å². The van der Waals surface area contributed by atoms with Gasteiger partial charge in [-0.15, -0.1) is 11.8 Å². The fourth-order valence-electron chi connectivity index (χ4n) is 5.21. The summed E-state index contributed by atoms with van der Waals surface area (Å²) in [6.45, 7) is 11.8. The zero-order chi connectivity index (χ0) is 25.9. The van der Waals surface area contributed by atoms with Crippen molar-refractivity contribution < 1.29 is 4.79 Å². The summed E-state index contributed by atoms with van der Waals surface area (Å²) < 4.78 is 1.95. The van der Waals surface area contributed by atoms with Crippen LogP contribution in [0.1, 0.15) is 38.4 Å². The first-order chi connectivity index (χ1) is 17.7. The van der Waals surface area contributed by atoms with Crippen molar-refractivity contribution >= 4 is 34.9 Å². The van der Waals surface area contributed by atoms with Crippen LogP contribution in [0.25, 0.3) is 11.3 Å². The van der Waals surface area contributed by atoms with Gasteiger partial charge in [-0.2, -0.15) is 10.2 Å². The Bertz CT molecular complexity index is 1470. The standard InChI is InChI=1S/C27H31N7O2S/c1-15-18(6-5-7-21(15)33-14-16-10-22(27(2,3)4)37-24(16)26(33)36)19-12-20(25(35)31-30-19)29-23-11-17-13-28-8-9-34(17)32-23/h5-7,11-12,22,28H,8-10,13-14H2,1-4H3,(H,31,35)(H,29,30,32). The fraction of sp³-hybridized carbons (Fsp3) is 0.407. The number of benzene rings is 1. The molecule has 0 saturated carbocycles. The highest BCUT2D eigenvalue weighted by molar-refractivity contribution is 8.05. The molecule has 0 bridgehead atoms. The number of nitrogens with zero attached hydrogens (tertiary/aromatic N) is 4. The van der Waals surface area contributed by atoms with Crippen LogP contribution in [0.15, 0.2) is 45.6 Å². The Balaban J connectivity index is 1.27. The predicted octanol–water partition coefficient (Wildman–Crippen LogP) is 3.94. The fourth-order valence-corrected chi connectivity index (χ4v) is 6.65. The predicted molar refractivity (Wildman–Crippen MR) is 147 cm³/mol. The van der Waals surface area contributed by atoms with E-state index in [9.17, 15) is 9.59 Å². The second-order valence-corrected chi connectivity index (χ2v) is 12.2. The summed E-state index contributed by atoms with van der Waals surface area (Å²) in [7, 11) is 0. The van der Waals surface area contributed by atoms with Crippen molar-refractivity contribution in [3.8, 4) is 11.3 Å². The summed E-state index contributed by atoms with van der Waals surface area (Å²) in [5, 5.41) is 18.4. The second kappa shape index (κ2) is 8.88. The van der Waals surface area contributed by atoms with Crippen LogP contribution in [-0.2, 0) is 17.9 Å². The van der Waals surface area contributed by atoms with Gasteiger partial charge in [0.1, 0.15) is 5.69 Å². The lowest BCUT2D eigenvalue weighted by Gasteiger charge is -2.29. The average Bonchev–Trinajstić information content (AvgIpc) is 3.54. The molecule has 3 aliphatic heterocycles. The number of rotatable bonds is 4. The van der Waals surface area contributed by atoms with Gasteiger partial charge in [0, 0.05) is 42.2 Å². The molecule has 37 heavy (non-hydrogen) atoms. The highest BCUT2D eigenvalue weighted by Crippen LogP contribution is 2.50. The summed E-state index contributed by atoms with van der Waals surface area (Å²) in [5.41, 5.74) is 5.85. The van der Waals surface area contributed by atoms with E-state index < -0.39 is 0 Å². The van der Waals surface area contributed by atoms with Crippen LogP contribution in [0, 0.1) is 12.3 Å². The largest absolute Gasteiger partial charge is 0.334 e.